The lowest BCUT2D eigenvalue weighted by Crippen LogP contribution is -2.28. The third-order valence-electron chi connectivity index (χ3n) is 3.95. The lowest BCUT2D eigenvalue weighted by molar-refractivity contribution is -0.0526. The summed E-state index contributed by atoms with van der Waals surface area (Å²) in [5.74, 6) is -1.80. The molecule has 30 heavy (non-hydrogen) atoms. The maximum Gasteiger partial charge on any atom is 0.388 e. The zero-order chi connectivity index (χ0) is 24.5. The molecule has 3 rings (SSSR count). The molecule has 1 atom stereocenters. The zero-order valence-electron chi connectivity index (χ0n) is 18.3. The first kappa shape index (κ1) is 17.2. The molecule has 158 valence electrons. The first-order chi connectivity index (χ1) is 15.4. The zero-order valence-corrected chi connectivity index (χ0v) is 15.3. The van der Waals surface area contributed by atoms with Crippen LogP contribution in [0.5, 0.6) is 11.6 Å². The van der Waals surface area contributed by atoms with Crippen LogP contribution < -0.4 is 20.8 Å². The number of benzene rings is 1. The summed E-state index contributed by atoms with van der Waals surface area (Å²) < 4.78 is 61.3. The molecule has 3 N–H and O–H groups in total. The van der Waals surface area contributed by atoms with Crippen LogP contribution in [-0.2, 0) is 4.74 Å². The van der Waals surface area contributed by atoms with Gasteiger partial charge in [-0.1, -0.05) is 0 Å². The van der Waals surface area contributed by atoms with Gasteiger partial charge in [-0.3, -0.25) is 9.36 Å². The third-order valence-corrected chi connectivity index (χ3v) is 3.95. The van der Waals surface area contributed by atoms with E-state index in [0.717, 1.165) is 10.6 Å². The topological polar surface area (TPSA) is 126 Å². The number of aliphatic hydroxyl groups is 1. The minimum Gasteiger partial charge on any atom is -0.465 e. The Morgan fingerprint density at radius 2 is 1.93 bits per heavy atom. The monoisotopic (exact) mass is 424 g/mol. The predicted octanol–water partition coefficient (Wildman–Crippen LogP) is 2.07. The van der Waals surface area contributed by atoms with Gasteiger partial charge in [0.25, 0.3) is 5.56 Å². The number of methoxy groups -OCH3 is 1. The molecular formula is C19H17F2N3O6. The number of ether oxygens (including phenoxy) is 3. The molecular weight excluding hydrogens is 404 g/mol. The molecule has 0 aliphatic heterocycles. The van der Waals surface area contributed by atoms with Gasteiger partial charge in [-0.05, 0) is 37.3 Å². The van der Waals surface area contributed by atoms with Gasteiger partial charge in [0.05, 0.1) is 22.5 Å². The fourth-order valence-corrected chi connectivity index (χ4v) is 2.79. The van der Waals surface area contributed by atoms with Crippen LogP contribution >= 0.6 is 0 Å². The van der Waals surface area contributed by atoms with Gasteiger partial charge in [-0.2, -0.15) is 13.8 Å². The van der Waals surface area contributed by atoms with Crippen LogP contribution in [0.25, 0.3) is 16.7 Å². The number of carbonyl (C=O) groups is 1. The van der Waals surface area contributed by atoms with Crippen molar-refractivity contribution in [1.82, 2.24) is 9.55 Å². The number of hydrogen-bond acceptors (Lipinski definition) is 8. The number of aliphatic hydroxyl groups excluding tert-OH is 1. The van der Waals surface area contributed by atoms with Crippen LogP contribution in [0.4, 0.5) is 14.5 Å². The molecule has 3 aromatic rings. The summed E-state index contributed by atoms with van der Waals surface area (Å²) in [4.78, 5) is 29.6. The molecule has 0 amide bonds. The van der Waals surface area contributed by atoms with Crippen LogP contribution in [0.3, 0.4) is 0 Å². The van der Waals surface area contributed by atoms with E-state index in [-0.39, 0.29) is 22.5 Å². The Morgan fingerprint density at radius 3 is 2.53 bits per heavy atom. The average molecular weight is 424 g/mol. The fraction of sp³-hybridized carbons (Fsp3) is 0.211. The van der Waals surface area contributed by atoms with Gasteiger partial charge in [0.2, 0.25) is 5.88 Å². The van der Waals surface area contributed by atoms with E-state index in [1.165, 1.54) is 37.3 Å². The molecule has 0 saturated heterocycles. The van der Waals surface area contributed by atoms with Crippen molar-refractivity contribution in [1.29, 1.82) is 0 Å². The van der Waals surface area contributed by atoms with E-state index in [1.54, 1.807) is 0 Å². The number of aromatic nitrogens is 2. The van der Waals surface area contributed by atoms with Crippen LogP contribution in [0.2, 0.25) is 0 Å². The number of halogens is 2. The molecule has 0 fully saturated rings. The van der Waals surface area contributed by atoms with Crippen molar-refractivity contribution in [3.05, 3.63) is 52.3 Å². The first-order valence-corrected chi connectivity index (χ1v) is 8.36. The van der Waals surface area contributed by atoms with Gasteiger partial charge in [0.1, 0.15) is 11.3 Å². The molecule has 1 aromatic carbocycles. The van der Waals surface area contributed by atoms with Gasteiger partial charge >= 0.3 is 12.6 Å². The molecule has 0 spiro atoms. The maximum absolute atomic E-state index is 13.2. The van der Waals surface area contributed by atoms with Gasteiger partial charge < -0.3 is 25.1 Å². The van der Waals surface area contributed by atoms with Crippen molar-refractivity contribution in [2.45, 2.75) is 19.8 Å². The highest BCUT2D eigenvalue weighted by Crippen LogP contribution is 2.27. The van der Waals surface area contributed by atoms with E-state index >= 15 is 0 Å². The second-order valence-electron chi connectivity index (χ2n) is 5.93. The molecule has 2 aromatic heterocycles. The number of rotatable bonds is 6. The van der Waals surface area contributed by atoms with Gasteiger partial charge in [-0.15, -0.1) is 0 Å². The Kier molecular flexibility index (Phi) is 4.76. The highest BCUT2D eigenvalue weighted by molar-refractivity contribution is 6.03. The number of nitrogen functional groups attached to an aromatic ring is 1. The number of esters is 1. The third kappa shape index (κ3) is 4.01. The molecule has 11 heteroatoms. The number of hydrogen-bond donors (Lipinski definition) is 2. The number of anilines is 1. The van der Waals surface area contributed by atoms with Crippen molar-refractivity contribution in [2.24, 2.45) is 0 Å². The molecule has 0 aliphatic rings. The van der Waals surface area contributed by atoms with Crippen LogP contribution in [0.15, 0.2) is 41.2 Å². The van der Waals surface area contributed by atoms with Crippen molar-refractivity contribution in [3.63, 3.8) is 0 Å². The van der Waals surface area contributed by atoms with Gasteiger partial charge in [0, 0.05) is 11.5 Å². The Hall–Kier alpha value is -3.73. The molecule has 0 aliphatic carbocycles. The Bertz CT molecular complexity index is 1250. The lowest BCUT2D eigenvalue weighted by atomic mass is 10.1. The van der Waals surface area contributed by atoms with E-state index in [1.807, 2.05) is 0 Å². The summed E-state index contributed by atoms with van der Waals surface area (Å²) in [6.07, 6.45) is -1.12. The molecule has 0 bridgehead atoms. The van der Waals surface area contributed by atoms with Crippen molar-refractivity contribution in [3.8, 4) is 17.3 Å². The quantitative estimate of drug-likeness (QED) is 0.455. The van der Waals surface area contributed by atoms with E-state index in [0.29, 0.717) is 0 Å². The van der Waals surface area contributed by atoms with Crippen LogP contribution in [0, 0.1) is 0 Å². The predicted molar refractivity (Wildman–Crippen MR) is 102 cm³/mol. The smallest absolute Gasteiger partial charge is 0.388 e. The maximum atomic E-state index is 13.2. The summed E-state index contributed by atoms with van der Waals surface area (Å²) in [6.45, 7) is -1.82. The van der Waals surface area contributed by atoms with E-state index < -0.39 is 48.6 Å². The molecule has 0 radical (unpaired) electrons. The number of alkyl halides is 2. The normalized spacial score (nSPS) is 14.0. The molecule has 9 nitrogen and oxygen atoms in total. The second kappa shape index (κ2) is 8.33. The highest BCUT2D eigenvalue weighted by atomic mass is 19.3. The van der Waals surface area contributed by atoms with E-state index in [9.17, 15) is 23.5 Å². The number of nitrogens with two attached hydrogens (primary N) is 1. The van der Waals surface area contributed by atoms with Crippen molar-refractivity contribution < 1.29 is 37.0 Å². The number of carbonyl (C=O) groups excluding carboxylic acids is 1. The molecule has 2 heterocycles. The Morgan fingerprint density at radius 1 is 1.23 bits per heavy atom. The number of fused-ring (bicyclic) bond motifs is 1. The Labute approximate surface area is 172 Å². The number of pyridine rings is 2. The summed E-state index contributed by atoms with van der Waals surface area (Å²) in [5.41, 5.74) is 3.44. The van der Waals surface area contributed by atoms with Gasteiger partial charge in [-0.25, -0.2) is 4.79 Å². The minimum absolute atomic E-state index is 0.0296. The largest absolute Gasteiger partial charge is 0.465 e. The SMILES string of the molecule is [2H]C([2H])([2H])OC(=O)c1c(N)c2ccc(OC(F)F)nc2n(-c2ccc(O[C@H](C)O)cc2)c1=O. The molecule has 0 saturated carbocycles. The summed E-state index contributed by atoms with van der Waals surface area (Å²) in [5, 5.41) is 9.30. The van der Waals surface area contributed by atoms with Crippen LogP contribution in [0.1, 0.15) is 21.4 Å². The minimum atomic E-state index is -3.20. The Balaban J connectivity index is 2.29. The van der Waals surface area contributed by atoms with Crippen LogP contribution in [-0.4, -0.2) is 40.6 Å². The first-order valence-electron chi connectivity index (χ1n) is 9.86. The van der Waals surface area contributed by atoms with Gasteiger partial charge in [0.15, 0.2) is 11.9 Å². The summed E-state index contributed by atoms with van der Waals surface area (Å²) in [6, 6.07) is 7.71. The van der Waals surface area contributed by atoms with Crippen molar-refractivity contribution in [2.75, 3.05) is 12.8 Å². The number of nitrogens with zero attached hydrogens (tertiary/aromatic N) is 2. The van der Waals surface area contributed by atoms with E-state index in [4.69, 9.17) is 14.6 Å². The van der Waals surface area contributed by atoms with E-state index in [2.05, 4.69) is 14.5 Å². The molecule has 0 unspecified atom stereocenters. The standard InChI is InChI=1S/C19H17F2N3O6/c1-9(25)29-11-5-3-10(4-6-11)24-16-12(7-8-13(23-16)30-19(20)21)15(22)14(17(24)26)18(27)28-2/h3-9,19,25H,22H2,1-2H3/t9-/m1/s1/i2D3. The lowest BCUT2D eigenvalue weighted by Gasteiger charge is -2.16. The fourth-order valence-electron chi connectivity index (χ4n) is 2.79. The average Bonchev–Trinajstić information content (AvgIpc) is 2.67. The highest BCUT2D eigenvalue weighted by Gasteiger charge is 2.23. The van der Waals surface area contributed by atoms with Crippen molar-refractivity contribution >= 4 is 22.7 Å². The summed E-state index contributed by atoms with van der Waals surface area (Å²) >= 11 is 0. The second-order valence-corrected chi connectivity index (χ2v) is 5.93. The summed E-state index contributed by atoms with van der Waals surface area (Å²) in [7, 11) is -3.15.